The molecule has 0 unspecified atom stereocenters. The molecule has 116 valence electrons. The van der Waals surface area contributed by atoms with Crippen LogP contribution < -0.4 is 5.32 Å². The molecule has 1 fully saturated rings. The first kappa shape index (κ1) is 14.6. The Bertz CT molecular complexity index is 480. The van der Waals surface area contributed by atoms with Crippen molar-refractivity contribution in [2.45, 2.75) is 39.2 Å². The summed E-state index contributed by atoms with van der Waals surface area (Å²) < 4.78 is 7.58. The quantitative estimate of drug-likeness (QED) is 0.917. The van der Waals surface area contributed by atoms with Gasteiger partial charge < -0.3 is 14.6 Å². The van der Waals surface area contributed by atoms with Crippen LogP contribution >= 0.6 is 0 Å². The van der Waals surface area contributed by atoms with E-state index in [9.17, 15) is 4.79 Å². The monoisotopic (exact) mass is 291 g/mol. The summed E-state index contributed by atoms with van der Waals surface area (Å²) >= 11 is 0. The van der Waals surface area contributed by atoms with E-state index in [0.717, 1.165) is 52.0 Å². The lowest BCUT2D eigenvalue weighted by Gasteiger charge is -2.28. The molecule has 0 radical (unpaired) electrons. The van der Waals surface area contributed by atoms with E-state index < -0.39 is 0 Å². The van der Waals surface area contributed by atoms with Crippen molar-refractivity contribution < 1.29 is 9.53 Å². The number of carbonyl (C=O) groups excluding carboxylic acids is 1. The highest BCUT2D eigenvalue weighted by atomic mass is 16.5. The minimum atomic E-state index is 0.0984. The zero-order valence-electron chi connectivity index (χ0n) is 12.8. The Balaban J connectivity index is 1.45. The van der Waals surface area contributed by atoms with E-state index in [1.54, 1.807) is 0 Å². The highest BCUT2D eigenvalue weighted by Crippen LogP contribution is 2.24. The number of amides is 1. The summed E-state index contributed by atoms with van der Waals surface area (Å²) in [5.41, 5.74) is 0. The van der Waals surface area contributed by atoms with Gasteiger partial charge in [0.15, 0.2) is 0 Å². The molecule has 2 atom stereocenters. The van der Waals surface area contributed by atoms with Crippen LogP contribution in [-0.2, 0) is 22.5 Å². The Morgan fingerprint density at radius 2 is 2.29 bits per heavy atom. The van der Waals surface area contributed by atoms with E-state index in [1.165, 1.54) is 5.82 Å². The van der Waals surface area contributed by atoms with Gasteiger partial charge in [-0.15, -0.1) is 0 Å². The zero-order chi connectivity index (χ0) is 14.7. The Labute approximate surface area is 126 Å². The second kappa shape index (κ2) is 6.60. The van der Waals surface area contributed by atoms with Crippen molar-refractivity contribution in [3.63, 3.8) is 0 Å². The number of imidazole rings is 1. The van der Waals surface area contributed by atoms with Crippen LogP contribution in [-0.4, -0.2) is 35.2 Å². The van der Waals surface area contributed by atoms with Gasteiger partial charge in [-0.1, -0.05) is 6.92 Å². The van der Waals surface area contributed by atoms with Gasteiger partial charge in [0.1, 0.15) is 5.82 Å². The van der Waals surface area contributed by atoms with Crippen LogP contribution in [0.2, 0.25) is 0 Å². The van der Waals surface area contributed by atoms with E-state index in [4.69, 9.17) is 4.74 Å². The van der Waals surface area contributed by atoms with Crippen molar-refractivity contribution in [1.29, 1.82) is 0 Å². The zero-order valence-corrected chi connectivity index (χ0v) is 12.8. The summed E-state index contributed by atoms with van der Waals surface area (Å²) in [5.74, 6) is 2.48. The fraction of sp³-hybridized carbons (Fsp3) is 0.750. The van der Waals surface area contributed by atoms with Crippen LogP contribution in [0.1, 0.15) is 32.0 Å². The van der Waals surface area contributed by atoms with Crippen LogP contribution in [0, 0.1) is 17.8 Å². The summed E-state index contributed by atoms with van der Waals surface area (Å²) in [5, 5.41) is 3.16. The average Bonchev–Trinajstić information content (AvgIpc) is 3.00. The van der Waals surface area contributed by atoms with Crippen molar-refractivity contribution in [3.05, 3.63) is 18.2 Å². The van der Waals surface area contributed by atoms with Gasteiger partial charge in [-0.2, -0.15) is 0 Å². The number of hydrogen-bond acceptors (Lipinski definition) is 3. The summed E-state index contributed by atoms with van der Waals surface area (Å²) in [7, 11) is 0. The molecule has 5 heteroatoms. The first-order valence-corrected chi connectivity index (χ1v) is 8.09. The first-order chi connectivity index (χ1) is 10.2. The molecule has 0 bridgehead atoms. The van der Waals surface area contributed by atoms with Gasteiger partial charge in [0.25, 0.3) is 0 Å². The third kappa shape index (κ3) is 3.46. The van der Waals surface area contributed by atoms with E-state index >= 15 is 0 Å². The lowest BCUT2D eigenvalue weighted by Crippen LogP contribution is -2.39. The smallest absolute Gasteiger partial charge is 0.223 e. The summed E-state index contributed by atoms with van der Waals surface area (Å²) in [4.78, 5) is 16.6. The molecular formula is C16H25N3O2. The van der Waals surface area contributed by atoms with Gasteiger partial charge in [-0.05, 0) is 31.1 Å². The van der Waals surface area contributed by atoms with E-state index in [2.05, 4.69) is 21.8 Å². The molecule has 2 aliphatic heterocycles. The topological polar surface area (TPSA) is 56.2 Å². The Kier molecular flexibility index (Phi) is 4.58. The normalized spacial score (nSPS) is 24.3. The molecule has 1 aromatic rings. The average molecular weight is 291 g/mol. The summed E-state index contributed by atoms with van der Waals surface area (Å²) in [6.07, 6.45) is 8.05. The molecule has 21 heavy (non-hydrogen) atoms. The lowest BCUT2D eigenvalue weighted by atomic mass is 9.86. The van der Waals surface area contributed by atoms with Gasteiger partial charge in [0, 0.05) is 51.0 Å². The Morgan fingerprint density at radius 3 is 3.10 bits per heavy atom. The number of rotatable bonds is 4. The van der Waals surface area contributed by atoms with Gasteiger partial charge in [0.2, 0.25) is 5.91 Å². The van der Waals surface area contributed by atoms with Crippen LogP contribution in [0.25, 0.3) is 0 Å². The van der Waals surface area contributed by atoms with Crippen molar-refractivity contribution >= 4 is 5.91 Å². The lowest BCUT2D eigenvalue weighted by molar-refractivity contribution is -0.127. The Hall–Kier alpha value is -1.36. The molecule has 1 N–H and O–H groups in total. The highest BCUT2D eigenvalue weighted by Gasteiger charge is 2.27. The molecule has 3 rings (SSSR count). The molecule has 3 heterocycles. The molecule has 2 aliphatic rings. The SMILES string of the molecule is C[C@@H](C(=O)NC[C@@H]1CCc2nccn2C1)C1CCOCC1. The summed E-state index contributed by atoms with van der Waals surface area (Å²) in [6.45, 7) is 5.41. The van der Waals surface area contributed by atoms with E-state index in [0.29, 0.717) is 11.8 Å². The molecule has 1 amide bonds. The molecule has 1 aromatic heterocycles. The standard InChI is InChI=1S/C16H25N3O2/c1-12(14-4-8-21-9-5-14)16(20)18-10-13-2-3-15-17-6-7-19(15)11-13/h6-7,12-14H,2-5,8-11H2,1H3,(H,18,20)/t12-,13+/m1/s1. The van der Waals surface area contributed by atoms with Gasteiger partial charge >= 0.3 is 0 Å². The third-order valence-electron chi connectivity index (χ3n) is 4.98. The van der Waals surface area contributed by atoms with E-state index in [1.807, 2.05) is 12.4 Å². The largest absolute Gasteiger partial charge is 0.381 e. The maximum absolute atomic E-state index is 12.3. The molecule has 0 aliphatic carbocycles. The molecular weight excluding hydrogens is 266 g/mol. The van der Waals surface area contributed by atoms with Crippen LogP contribution in [0.4, 0.5) is 0 Å². The molecule has 5 nitrogen and oxygen atoms in total. The van der Waals surface area contributed by atoms with Gasteiger partial charge in [-0.3, -0.25) is 4.79 Å². The fourth-order valence-electron chi connectivity index (χ4n) is 3.44. The second-order valence-electron chi connectivity index (χ2n) is 6.38. The number of aromatic nitrogens is 2. The number of ether oxygens (including phenoxy) is 1. The maximum Gasteiger partial charge on any atom is 0.223 e. The molecule has 0 aromatic carbocycles. The van der Waals surface area contributed by atoms with Gasteiger partial charge in [-0.25, -0.2) is 4.98 Å². The van der Waals surface area contributed by atoms with Gasteiger partial charge in [0.05, 0.1) is 0 Å². The minimum absolute atomic E-state index is 0.0984. The number of hydrogen-bond donors (Lipinski definition) is 1. The van der Waals surface area contributed by atoms with Crippen LogP contribution in [0.3, 0.4) is 0 Å². The predicted molar refractivity (Wildman–Crippen MR) is 79.8 cm³/mol. The number of aryl methyl sites for hydroxylation is 1. The highest BCUT2D eigenvalue weighted by molar-refractivity contribution is 5.78. The Morgan fingerprint density at radius 1 is 1.48 bits per heavy atom. The molecule has 1 saturated heterocycles. The second-order valence-corrected chi connectivity index (χ2v) is 6.38. The van der Waals surface area contributed by atoms with Crippen LogP contribution in [0.15, 0.2) is 12.4 Å². The van der Waals surface area contributed by atoms with Crippen molar-refractivity contribution in [2.24, 2.45) is 17.8 Å². The third-order valence-corrected chi connectivity index (χ3v) is 4.98. The molecule has 0 spiro atoms. The van der Waals surface area contributed by atoms with Crippen molar-refractivity contribution in [2.75, 3.05) is 19.8 Å². The molecule has 0 saturated carbocycles. The van der Waals surface area contributed by atoms with Crippen LogP contribution in [0.5, 0.6) is 0 Å². The summed E-state index contributed by atoms with van der Waals surface area (Å²) in [6, 6.07) is 0. The van der Waals surface area contributed by atoms with Crippen molar-refractivity contribution in [3.8, 4) is 0 Å². The number of nitrogens with one attached hydrogen (secondary N) is 1. The first-order valence-electron chi connectivity index (χ1n) is 8.09. The number of nitrogens with zero attached hydrogens (tertiary/aromatic N) is 2. The van der Waals surface area contributed by atoms with Crippen molar-refractivity contribution in [1.82, 2.24) is 14.9 Å². The minimum Gasteiger partial charge on any atom is -0.381 e. The maximum atomic E-state index is 12.3. The number of carbonyl (C=O) groups is 1. The predicted octanol–water partition coefficient (Wildman–Crippen LogP) is 1.62. The fourth-order valence-corrected chi connectivity index (χ4v) is 3.44. The number of fused-ring (bicyclic) bond motifs is 1. The van der Waals surface area contributed by atoms with E-state index in [-0.39, 0.29) is 11.8 Å².